The van der Waals surface area contributed by atoms with Crippen LogP contribution in [0.5, 0.6) is 0 Å². The maximum atomic E-state index is 13.2. The Morgan fingerprint density at radius 2 is 2.05 bits per heavy atom. The third-order valence-electron chi connectivity index (χ3n) is 6.84. The molecule has 0 aliphatic carbocycles. The van der Waals surface area contributed by atoms with E-state index >= 15 is 0 Å². The number of oxime groups is 1. The second-order valence-corrected chi connectivity index (χ2v) is 14.8. The maximum absolute atomic E-state index is 13.2. The number of nitrogen functional groups attached to an aromatic ring is 1. The normalized spacial score (nSPS) is 27.9. The topological polar surface area (TPSA) is 197 Å². The first-order valence-electron chi connectivity index (χ1n) is 12.4. The lowest BCUT2D eigenvalue weighted by Crippen LogP contribution is -2.71. The molecule has 14 nitrogen and oxygen atoms in total. The van der Waals surface area contributed by atoms with Gasteiger partial charge in [-0.2, -0.15) is 0 Å². The number of carbonyl (C=O) groups excluding carboxylic acids is 2. The monoisotopic (exact) mass is 642 g/mol. The second kappa shape index (κ2) is 11.1. The van der Waals surface area contributed by atoms with Crippen molar-refractivity contribution in [2.45, 2.75) is 36.1 Å². The van der Waals surface area contributed by atoms with Crippen LogP contribution in [0.2, 0.25) is 0 Å². The van der Waals surface area contributed by atoms with Gasteiger partial charge in [0.05, 0.1) is 13.6 Å². The van der Waals surface area contributed by atoms with Crippen LogP contribution in [0.25, 0.3) is 0 Å². The highest BCUT2D eigenvalue weighted by molar-refractivity contribution is 8.13. The highest BCUT2D eigenvalue weighted by atomic mass is 32.2. The lowest BCUT2D eigenvalue weighted by Gasteiger charge is -2.50. The van der Waals surface area contributed by atoms with E-state index in [0.717, 1.165) is 46.4 Å². The summed E-state index contributed by atoms with van der Waals surface area (Å²) in [6.45, 7) is 5.01. The molecule has 220 valence electrons. The van der Waals surface area contributed by atoms with Crippen LogP contribution in [0, 0.1) is 0 Å². The number of hydrogen-bond acceptors (Lipinski definition) is 13. The van der Waals surface area contributed by atoms with E-state index in [0.29, 0.717) is 10.7 Å². The molecule has 5 rings (SSSR count). The number of aliphatic imine (C=N–C) groups is 1. The molecule has 0 saturated carbocycles. The molecule has 0 spiro atoms. The van der Waals surface area contributed by atoms with Crippen LogP contribution in [0.1, 0.15) is 19.5 Å². The molecule has 0 unspecified atom stereocenters. The quantitative estimate of drug-likeness (QED) is 0.127. The summed E-state index contributed by atoms with van der Waals surface area (Å²) in [6, 6.07) is -1.02. The summed E-state index contributed by atoms with van der Waals surface area (Å²) >= 11 is 5.66. The lowest BCUT2D eigenvalue weighted by molar-refractivity contribution is -0.855. The molecule has 4 aliphatic rings. The number of quaternary nitrogens is 1. The first kappa shape index (κ1) is 29.7. The van der Waals surface area contributed by atoms with Crippen molar-refractivity contribution in [3.8, 4) is 0 Å². The molecule has 5 heterocycles. The van der Waals surface area contributed by atoms with Crippen molar-refractivity contribution in [2.75, 3.05) is 43.9 Å². The van der Waals surface area contributed by atoms with Gasteiger partial charge in [0.2, 0.25) is 5.60 Å². The van der Waals surface area contributed by atoms with Crippen molar-refractivity contribution in [2.24, 2.45) is 10.1 Å². The zero-order chi connectivity index (χ0) is 29.7. The van der Waals surface area contributed by atoms with Crippen molar-refractivity contribution in [1.82, 2.24) is 15.2 Å². The van der Waals surface area contributed by atoms with Crippen LogP contribution in [-0.4, -0.2) is 120 Å². The Kier molecular flexibility index (Phi) is 8.05. The number of rotatable bonds is 9. The summed E-state index contributed by atoms with van der Waals surface area (Å²) in [5.74, 6) is -2.55. The maximum Gasteiger partial charge on any atom is 0.353 e. The minimum Gasteiger partial charge on any atom is -0.478 e. The van der Waals surface area contributed by atoms with E-state index in [9.17, 15) is 29.4 Å². The number of nitrogens with zero attached hydrogens (tertiary/aromatic N) is 5. The smallest absolute Gasteiger partial charge is 0.353 e. The first-order chi connectivity index (χ1) is 19.3. The minimum atomic E-state index is -1.75. The van der Waals surface area contributed by atoms with Crippen molar-refractivity contribution >= 4 is 86.4 Å². The number of thiazole rings is 1. The predicted octanol–water partition coefficient (Wildman–Crippen LogP) is 0.670. The van der Waals surface area contributed by atoms with Crippen molar-refractivity contribution in [1.29, 1.82) is 0 Å². The molecule has 0 aromatic carbocycles. The summed E-state index contributed by atoms with van der Waals surface area (Å²) < 4.78 is 0.742. The fraction of sp³-hybridized carbons (Fsp3) is 0.522. The van der Waals surface area contributed by atoms with Crippen LogP contribution < -0.4 is 11.1 Å². The van der Waals surface area contributed by atoms with Gasteiger partial charge >= 0.3 is 11.9 Å². The van der Waals surface area contributed by atoms with Crippen LogP contribution >= 0.6 is 46.6 Å². The van der Waals surface area contributed by atoms with Crippen LogP contribution in [0.4, 0.5) is 5.13 Å². The molecule has 1 aromatic rings. The molecular formula is C23H28N7O7S4+. The number of carboxylic acid groups (broad SMARTS) is 2. The number of aromatic nitrogens is 1. The van der Waals surface area contributed by atoms with Crippen molar-refractivity contribution in [3.63, 3.8) is 0 Å². The lowest BCUT2D eigenvalue weighted by atomic mass is 10.0. The van der Waals surface area contributed by atoms with Crippen LogP contribution in [0.15, 0.2) is 26.1 Å². The zero-order valence-corrected chi connectivity index (χ0v) is 25.5. The molecular weight excluding hydrogens is 615 g/mol. The van der Waals surface area contributed by atoms with Crippen molar-refractivity contribution < 1.29 is 38.7 Å². The molecule has 2 amide bonds. The summed E-state index contributed by atoms with van der Waals surface area (Å²) in [4.78, 5) is 65.7. The summed E-state index contributed by atoms with van der Waals surface area (Å²) in [5, 5.41) is 28.0. The molecule has 2 saturated heterocycles. The Morgan fingerprint density at radius 3 is 2.63 bits per heavy atom. The highest BCUT2D eigenvalue weighted by Gasteiger charge is 2.56. The van der Waals surface area contributed by atoms with E-state index in [1.54, 1.807) is 11.8 Å². The third kappa shape index (κ3) is 5.67. The fourth-order valence-corrected chi connectivity index (χ4v) is 9.35. The van der Waals surface area contributed by atoms with Gasteiger partial charge in [0.1, 0.15) is 41.1 Å². The van der Waals surface area contributed by atoms with Crippen molar-refractivity contribution in [3.05, 3.63) is 21.7 Å². The minimum absolute atomic E-state index is 0.0452. The average molecular weight is 643 g/mol. The predicted molar refractivity (Wildman–Crippen MR) is 158 cm³/mol. The van der Waals surface area contributed by atoms with Gasteiger partial charge in [-0.05, 0) is 25.6 Å². The number of likely N-dealkylation sites (tertiary alicyclic amines) is 1. The van der Waals surface area contributed by atoms with E-state index in [1.165, 1.54) is 47.7 Å². The SMILES string of the molecule is CC(C)(O/N=C(\C(=O)N[C@@H]1C(=O)N2C(C(=O)O)=C(SC3C[N+](C)(C4=NCCS4)C3)CS[C@H]12)c1csc(N)n1)C(=O)O. The fourth-order valence-electron chi connectivity index (χ4n) is 4.62. The van der Waals surface area contributed by atoms with Gasteiger partial charge in [0.25, 0.3) is 17.0 Å². The molecule has 5 N–H and O–H groups in total. The van der Waals surface area contributed by atoms with Gasteiger partial charge in [0, 0.05) is 21.8 Å². The first-order valence-corrected chi connectivity index (χ1v) is 16.2. The van der Waals surface area contributed by atoms with E-state index in [2.05, 4.69) is 27.5 Å². The molecule has 18 heteroatoms. The zero-order valence-electron chi connectivity index (χ0n) is 22.2. The Balaban J connectivity index is 1.29. The Labute approximate surface area is 251 Å². The Morgan fingerprint density at radius 1 is 1.32 bits per heavy atom. The number of aliphatic carboxylic acids is 2. The van der Waals surface area contributed by atoms with E-state index in [-0.39, 0.29) is 27.5 Å². The summed E-state index contributed by atoms with van der Waals surface area (Å²) in [6.07, 6.45) is 0. The standard InChI is InChI=1S/C23H27N7O7S4/c1-23(2,20(35)36)37-28-13(11-8-40-21(24)26-11)16(31)27-14-17(32)29-15(19(33)34)12(9-39-18(14)29)41-10-6-30(3,7-10)22-25-4-5-38-22/h8,10,14,18H,4-7,9H2,1-3H3,(H4-,24,26,27,31,33,34,35,36)/p+1/b28-13-/t10?,14-,18-,30?/m1/s1. The summed E-state index contributed by atoms with van der Waals surface area (Å²) in [7, 11) is 2.13. The number of fused-ring (bicyclic) bond motifs is 1. The molecule has 1 aromatic heterocycles. The number of nitrogens with one attached hydrogen (secondary N) is 1. The largest absolute Gasteiger partial charge is 0.478 e. The third-order valence-corrected chi connectivity index (χ3v) is 11.4. The molecule has 41 heavy (non-hydrogen) atoms. The van der Waals surface area contributed by atoms with Gasteiger partial charge in [-0.3, -0.25) is 19.0 Å². The van der Waals surface area contributed by atoms with Crippen LogP contribution in [-0.2, 0) is 24.0 Å². The molecule has 0 radical (unpaired) electrons. The molecule has 2 fully saturated rings. The molecule has 4 aliphatic heterocycles. The van der Waals surface area contributed by atoms with Gasteiger partial charge in [0.15, 0.2) is 10.8 Å². The number of carboxylic acids is 2. The van der Waals surface area contributed by atoms with Gasteiger partial charge in [-0.1, -0.05) is 5.16 Å². The van der Waals surface area contributed by atoms with Gasteiger partial charge < -0.3 is 26.1 Å². The van der Waals surface area contributed by atoms with E-state index in [1.807, 2.05) is 0 Å². The molecule has 0 bridgehead atoms. The van der Waals surface area contributed by atoms with E-state index < -0.39 is 40.8 Å². The number of β-lactam (4-membered cyclic amide) rings is 1. The van der Waals surface area contributed by atoms with E-state index in [4.69, 9.17) is 10.6 Å². The second-order valence-electron chi connectivity index (χ2n) is 10.4. The number of amides is 2. The summed E-state index contributed by atoms with van der Waals surface area (Å²) in [5.41, 5.74) is 3.58. The van der Waals surface area contributed by atoms with Gasteiger partial charge in [-0.25, -0.2) is 19.6 Å². The number of anilines is 1. The Hall–Kier alpha value is -2.80. The number of carbonyl (C=O) groups is 4. The van der Waals surface area contributed by atoms with Crippen LogP contribution in [0.3, 0.4) is 0 Å². The highest BCUT2D eigenvalue weighted by Crippen LogP contribution is 2.46. The van der Waals surface area contributed by atoms with Gasteiger partial charge in [-0.15, -0.1) is 34.9 Å². The number of amidine groups is 1. The number of thioether (sulfide) groups is 3. The molecule has 2 atom stereocenters. The Bertz CT molecular complexity index is 1400. The number of nitrogens with two attached hydrogens (primary N) is 1. The average Bonchev–Trinajstić information content (AvgIpc) is 3.58. The number of hydrogen-bond donors (Lipinski definition) is 4.